The SMILES string of the molecule is Cc1cc(C)cc2c(C=O)ccc-2c1. The fourth-order valence-corrected chi connectivity index (χ4v) is 1.84. The molecule has 0 spiro atoms. The molecule has 1 nitrogen and oxygen atoms in total. The third-order valence-corrected chi connectivity index (χ3v) is 2.40. The quantitative estimate of drug-likeness (QED) is 0.622. The number of carbonyl (C=O) groups is 1. The molecule has 0 atom stereocenters. The normalized spacial score (nSPS) is 10.4. The van der Waals surface area contributed by atoms with E-state index in [9.17, 15) is 4.79 Å². The Morgan fingerprint density at radius 2 is 1.71 bits per heavy atom. The van der Waals surface area contributed by atoms with Crippen molar-refractivity contribution in [3.63, 3.8) is 0 Å². The second-order valence-electron chi connectivity index (χ2n) is 3.70. The van der Waals surface area contributed by atoms with Crippen LogP contribution in [0.15, 0.2) is 30.3 Å². The Morgan fingerprint density at radius 3 is 2.43 bits per heavy atom. The molecular formula is C13H12O. The molecule has 2 aliphatic carbocycles. The van der Waals surface area contributed by atoms with Gasteiger partial charge in [-0.3, -0.25) is 4.79 Å². The van der Waals surface area contributed by atoms with Crippen LogP contribution in [0.1, 0.15) is 21.5 Å². The first-order valence-corrected chi connectivity index (χ1v) is 4.67. The molecule has 0 aromatic rings. The molecule has 2 rings (SSSR count). The molecule has 70 valence electrons. The van der Waals surface area contributed by atoms with Crippen molar-refractivity contribution in [2.75, 3.05) is 0 Å². The summed E-state index contributed by atoms with van der Waals surface area (Å²) in [5.41, 5.74) is 5.37. The molecule has 0 radical (unpaired) electrons. The first-order valence-electron chi connectivity index (χ1n) is 4.67. The highest BCUT2D eigenvalue weighted by Gasteiger charge is 2.07. The van der Waals surface area contributed by atoms with Gasteiger partial charge in [0, 0.05) is 5.56 Å². The average molecular weight is 184 g/mol. The molecule has 0 aromatic heterocycles. The van der Waals surface area contributed by atoms with Gasteiger partial charge in [-0.15, -0.1) is 0 Å². The van der Waals surface area contributed by atoms with Gasteiger partial charge in [-0.25, -0.2) is 0 Å². The van der Waals surface area contributed by atoms with Gasteiger partial charge in [0.15, 0.2) is 6.29 Å². The highest BCUT2D eigenvalue weighted by atomic mass is 16.1. The van der Waals surface area contributed by atoms with Crippen molar-refractivity contribution >= 4 is 6.29 Å². The lowest BCUT2D eigenvalue weighted by Gasteiger charge is -1.93. The van der Waals surface area contributed by atoms with E-state index < -0.39 is 0 Å². The molecule has 0 amide bonds. The summed E-state index contributed by atoms with van der Waals surface area (Å²) < 4.78 is 0. The van der Waals surface area contributed by atoms with Gasteiger partial charge >= 0.3 is 0 Å². The highest BCUT2D eigenvalue weighted by Crippen LogP contribution is 2.27. The number of hydrogen-bond donors (Lipinski definition) is 0. The van der Waals surface area contributed by atoms with E-state index in [1.807, 2.05) is 19.1 Å². The third-order valence-electron chi connectivity index (χ3n) is 2.40. The van der Waals surface area contributed by atoms with Crippen LogP contribution in [0.4, 0.5) is 0 Å². The smallest absolute Gasteiger partial charge is 0.150 e. The fraction of sp³-hybridized carbons (Fsp3) is 0.154. The molecule has 0 saturated heterocycles. The van der Waals surface area contributed by atoms with Gasteiger partial charge in [0.1, 0.15) is 0 Å². The molecule has 0 fully saturated rings. The fourth-order valence-electron chi connectivity index (χ4n) is 1.84. The van der Waals surface area contributed by atoms with Gasteiger partial charge < -0.3 is 0 Å². The molecular weight excluding hydrogens is 172 g/mol. The molecule has 0 N–H and O–H groups in total. The predicted octanol–water partition coefficient (Wildman–Crippen LogP) is 3.22. The molecule has 1 heteroatoms. The van der Waals surface area contributed by atoms with Crippen LogP contribution in [0.3, 0.4) is 0 Å². The minimum atomic E-state index is 0.777. The second kappa shape index (κ2) is 3.26. The molecule has 0 unspecified atom stereocenters. The van der Waals surface area contributed by atoms with Gasteiger partial charge in [-0.05, 0) is 25.0 Å². The standard InChI is InChI=1S/C13H12O/c1-9-5-10(2)7-13-11(6-9)3-4-12(13)8-14/h3-8H,1-2H3. The van der Waals surface area contributed by atoms with Gasteiger partial charge in [-0.1, -0.05) is 41.5 Å². The molecule has 0 heterocycles. The maximum atomic E-state index is 10.8. The van der Waals surface area contributed by atoms with Crippen molar-refractivity contribution < 1.29 is 4.79 Å². The van der Waals surface area contributed by atoms with Gasteiger partial charge in [-0.2, -0.15) is 0 Å². The highest BCUT2D eigenvalue weighted by molar-refractivity contribution is 5.90. The zero-order chi connectivity index (χ0) is 10.1. The summed E-state index contributed by atoms with van der Waals surface area (Å²) in [6, 6.07) is 10.2. The average Bonchev–Trinajstić information content (AvgIpc) is 2.41. The summed E-state index contributed by atoms with van der Waals surface area (Å²) in [5, 5.41) is 0. The maximum absolute atomic E-state index is 10.8. The Labute approximate surface area is 83.7 Å². The van der Waals surface area contributed by atoms with E-state index in [2.05, 4.69) is 25.1 Å². The first-order chi connectivity index (χ1) is 6.70. The van der Waals surface area contributed by atoms with E-state index in [1.54, 1.807) is 0 Å². The minimum absolute atomic E-state index is 0.777. The molecule has 0 aliphatic heterocycles. The number of aryl methyl sites for hydroxylation is 2. The minimum Gasteiger partial charge on any atom is -0.298 e. The summed E-state index contributed by atoms with van der Waals surface area (Å²) in [6.45, 7) is 4.12. The van der Waals surface area contributed by atoms with E-state index in [0.29, 0.717) is 0 Å². The summed E-state index contributed by atoms with van der Waals surface area (Å²) in [4.78, 5) is 10.8. The molecule has 14 heavy (non-hydrogen) atoms. The number of rotatable bonds is 1. The zero-order valence-electron chi connectivity index (χ0n) is 8.37. The van der Waals surface area contributed by atoms with Crippen molar-refractivity contribution in [1.29, 1.82) is 0 Å². The molecule has 0 aromatic carbocycles. The van der Waals surface area contributed by atoms with Gasteiger partial charge in [0.25, 0.3) is 0 Å². The first kappa shape index (κ1) is 8.95. The maximum Gasteiger partial charge on any atom is 0.150 e. The molecule has 2 aliphatic rings. The van der Waals surface area contributed by atoms with Crippen LogP contribution in [-0.4, -0.2) is 6.29 Å². The van der Waals surface area contributed by atoms with Crippen molar-refractivity contribution in [2.45, 2.75) is 13.8 Å². The van der Waals surface area contributed by atoms with Crippen molar-refractivity contribution in [2.24, 2.45) is 0 Å². The van der Waals surface area contributed by atoms with E-state index in [-0.39, 0.29) is 0 Å². The summed E-state index contributed by atoms with van der Waals surface area (Å²) in [5.74, 6) is 0. The van der Waals surface area contributed by atoms with E-state index >= 15 is 0 Å². The van der Waals surface area contributed by atoms with Crippen LogP contribution >= 0.6 is 0 Å². The second-order valence-corrected chi connectivity index (χ2v) is 3.70. The van der Waals surface area contributed by atoms with Gasteiger partial charge in [0.05, 0.1) is 0 Å². The number of aldehydes is 1. The van der Waals surface area contributed by atoms with E-state index in [1.165, 1.54) is 11.1 Å². The lowest BCUT2D eigenvalue weighted by atomic mass is 10.1. The lowest BCUT2D eigenvalue weighted by Crippen LogP contribution is -1.76. The number of hydrogen-bond acceptors (Lipinski definition) is 1. The van der Waals surface area contributed by atoms with Crippen LogP contribution in [0.25, 0.3) is 11.1 Å². The van der Waals surface area contributed by atoms with Gasteiger partial charge in [0.2, 0.25) is 0 Å². The Kier molecular flexibility index (Phi) is 2.08. The summed E-state index contributed by atoms with van der Waals surface area (Å²) >= 11 is 0. The topological polar surface area (TPSA) is 17.1 Å². The van der Waals surface area contributed by atoms with Crippen molar-refractivity contribution in [1.82, 2.24) is 0 Å². The summed E-state index contributed by atoms with van der Waals surface area (Å²) in [7, 11) is 0. The number of carbonyl (C=O) groups excluding carboxylic acids is 1. The monoisotopic (exact) mass is 184 g/mol. The van der Waals surface area contributed by atoms with E-state index in [0.717, 1.165) is 23.0 Å². The van der Waals surface area contributed by atoms with Crippen LogP contribution in [0, 0.1) is 13.8 Å². The summed E-state index contributed by atoms with van der Waals surface area (Å²) in [6.07, 6.45) is 0.914. The van der Waals surface area contributed by atoms with Crippen molar-refractivity contribution in [3.05, 3.63) is 47.0 Å². The molecule has 0 saturated carbocycles. The zero-order valence-corrected chi connectivity index (χ0v) is 8.37. The predicted molar refractivity (Wildman–Crippen MR) is 57.9 cm³/mol. The number of fused-ring (bicyclic) bond motifs is 1. The Hall–Kier alpha value is -1.63. The van der Waals surface area contributed by atoms with Crippen LogP contribution in [-0.2, 0) is 0 Å². The Morgan fingerprint density at radius 1 is 1.00 bits per heavy atom. The van der Waals surface area contributed by atoms with E-state index in [4.69, 9.17) is 0 Å². The third kappa shape index (κ3) is 1.41. The Balaban J connectivity index is 2.76. The Bertz CT molecular complexity index is 457. The van der Waals surface area contributed by atoms with Crippen LogP contribution in [0.2, 0.25) is 0 Å². The van der Waals surface area contributed by atoms with Crippen LogP contribution < -0.4 is 0 Å². The van der Waals surface area contributed by atoms with Crippen LogP contribution in [0.5, 0.6) is 0 Å². The largest absolute Gasteiger partial charge is 0.298 e. The van der Waals surface area contributed by atoms with Crippen molar-refractivity contribution in [3.8, 4) is 11.1 Å². The molecule has 0 bridgehead atoms. The lowest BCUT2D eigenvalue weighted by molar-refractivity contribution is 0.112.